The van der Waals surface area contributed by atoms with Crippen molar-refractivity contribution in [2.75, 3.05) is 13.1 Å². The number of halogens is 1. The van der Waals surface area contributed by atoms with Gasteiger partial charge >= 0.3 is 12.0 Å². The summed E-state index contributed by atoms with van der Waals surface area (Å²) >= 11 is 3.41. The predicted molar refractivity (Wildman–Crippen MR) is 87.6 cm³/mol. The van der Waals surface area contributed by atoms with Gasteiger partial charge in [0.15, 0.2) is 0 Å². The van der Waals surface area contributed by atoms with Crippen molar-refractivity contribution in [3.05, 3.63) is 33.8 Å². The average Bonchev–Trinajstić information content (AvgIpc) is 2.45. The number of likely N-dealkylation sites (tertiary alicyclic amines) is 1. The van der Waals surface area contributed by atoms with Crippen LogP contribution in [-0.2, 0) is 11.3 Å². The van der Waals surface area contributed by atoms with Gasteiger partial charge in [0.25, 0.3) is 0 Å². The van der Waals surface area contributed by atoms with Gasteiger partial charge in [-0.3, -0.25) is 4.79 Å². The maximum absolute atomic E-state index is 12.3. The summed E-state index contributed by atoms with van der Waals surface area (Å²) in [5.74, 6) is -1.09. The van der Waals surface area contributed by atoms with E-state index in [0.29, 0.717) is 19.5 Å². The number of rotatable bonds is 3. The van der Waals surface area contributed by atoms with Gasteiger partial charge in [-0.25, -0.2) is 4.79 Å². The number of hydrogen-bond acceptors (Lipinski definition) is 2. The molecule has 1 aromatic carbocycles. The number of amides is 2. The number of nitrogens with zero attached hydrogens (tertiary/aromatic N) is 1. The zero-order chi connectivity index (χ0) is 16.3. The van der Waals surface area contributed by atoms with E-state index in [2.05, 4.69) is 21.2 Å². The van der Waals surface area contributed by atoms with Gasteiger partial charge in [-0.15, -0.1) is 0 Å². The molecule has 1 fully saturated rings. The second-order valence-electron chi connectivity index (χ2n) is 6.01. The average molecular weight is 369 g/mol. The lowest BCUT2D eigenvalue weighted by atomic mass is 9.91. The lowest BCUT2D eigenvalue weighted by Crippen LogP contribution is -2.49. The van der Waals surface area contributed by atoms with E-state index in [-0.39, 0.29) is 18.5 Å². The third kappa shape index (κ3) is 4.22. The number of carbonyl (C=O) groups is 2. The number of aryl methyl sites for hydroxylation is 1. The number of aliphatic carboxylic acids is 1. The van der Waals surface area contributed by atoms with E-state index in [1.165, 1.54) is 0 Å². The summed E-state index contributed by atoms with van der Waals surface area (Å²) in [5, 5.41) is 12.1. The highest BCUT2D eigenvalue weighted by molar-refractivity contribution is 9.10. The number of urea groups is 1. The molecule has 2 unspecified atom stereocenters. The number of nitrogens with one attached hydrogen (secondary N) is 1. The van der Waals surface area contributed by atoms with Gasteiger partial charge in [0.2, 0.25) is 0 Å². The van der Waals surface area contributed by atoms with Crippen LogP contribution in [0.5, 0.6) is 0 Å². The number of benzene rings is 1. The largest absolute Gasteiger partial charge is 0.481 e. The molecule has 2 N–H and O–H groups in total. The molecule has 0 bridgehead atoms. The van der Waals surface area contributed by atoms with Crippen LogP contribution in [0.15, 0.2) is 22.7 Å². The number of hydrogen-bond donors (Lipinski definition) is 2. The van der Waals surface area contributed by atoms with Gasteiger partial charge in [-0.05, 0) is 42.5 Å². The van der Waals surface area contributed by atoms with Gasteiger partial charge in [-0.2, -0.15) is 0 Å². The van der Waals surface area contributed by atoms with Crippen molar-refractivity contribution in [2.45, 2.75) is 26.8 Å². The zero-order valence-corrected chi connectivity index (χ0v) is 14.4. The van der Waals surface area contributed by atoms with Crippen LogP contribution in [0, 0.1) is 18.8 Å². The summed E-state index contributed by atoms with van der Waals surface area (Å²) in [6.45, 7) is 5.31. The third-order valence-corrected chi connectivity index (χ3v) is 4.52. The molecule has 0 saturated carbocycles. The molecular weight excluding hydrogens is 348 g/mol. The number of carbonyl (C=O) groups excluding carboxylic acids is 1. The minimum Gasteiger partial charge on any atom is -0.481 e. The molecule has 2 amide bonds. The van der Waals surface area contributed by atoms with Gasteiger partial charge in [0.1, 0.15) is 0 Å². The fourth-order valence-electron chi connectivity index (χ4n) is 2.84. The van der Waals surface area contributed by atoms with Crippen molar-refractivity contribution in [2.24, 2.45) is 11.8 Å². The quantitative estimate of drug-likeness (QED) is 0.861. The monoisotopic (exact) mass is 368 g/mol. The molecule has 0 aromatic heterocycles. The Balaban J connectivity index is 1.95. The minimum atomic E-state index is -0.826. The molecule has 22 heavy (non-hydrogen) atoms. The molecule has 0 radical (unpaired) electrons. The Morgan fingerprint density at radius 2 is 2.14 bits per heavy atom. The summed E-state index contributed by atoms with van der Waals surface area (Å²) in [6, 6.07) is 5.72. The molecule has 2 atom stereocenters. The Morgan fingerprint density at radius 1 is 1.41 bits per heavy atom. The Morgan fingerprint density at radius 3 is 2.77 bits per heavy atom. The summed E-state index contributed by atoms with van der Waals surface area (Å²) in [5.41, 5.74) is 2.15. The van der Waals surface area contributed by atoms with Crippen LogP contribution in [0.4, 0.5) is 4.79 Å². The molecule has 1 heterocycles. The standard InChI is InChI=1S/C16H21BrN2O3/c1-10-5-13(15(20)21)9-19(8-10)16(22)18-7-12-3-4-14(17)6-11(12)2/h3-4,6,10,13H,5,7-9H2,1-2H3,(H,18,22)(H,20,21). The Bertz CT molecular complexity index is 577. The summed E-state index contributed by atoms with van der Waals surface area (Å²) in [6.07, 6.45) is 0.630. The van der Waals surface area contributed by atoms with Gasteiger partial charge < -0.3 is 15.3 Å². The summed E-state index contributed by atoms with van der Waals surface area (Å²) in [7, 11) is 0. The molecule has 0 aliphatic carbocycles. The van der Waals surface area contributed by atoms with Gasteiger partial charge in [0, 0.05) is 24.1 Å². The SMILES string of the molecule is Cc1cc(Br)ccc1CNC(=O)N1CC(C)CC(C(=O)O)C1. The van der Waals surface area contributed by atoms with Crippen LogP contribution in [-0.4, -0.2) is 35.1 Å². The lowest BCUT2D eigenvalue weighted by Gasteiger charge is -2.34. The topological polar surface area (TPSA) is 69.6 Å². The van der Waals surface area contributed by atoms with Crippen LogP contribution in [0.1, 0.15) is 24.5 Å². The van der Waals surface area contributed by atoms with E-state index < -0.39 is 11.9 Å². The smallest absolute Gasteiger partial charge is 0.317 e. The van der Waals surface area contributed by atoms with Crippen molar-refractivity contribution in [3.8, 4) is 0 Å². The van der Waals surface area contributed by atoms with E-state index in [4.69, 9.17) is 5.11 Å². The number of carboxylic acid groups (broad SMARTS) is 1. The minimum absolute atomic E-state index is 0.194. The zero-order valence-electron chi connectivity index (χ0n) is 12.8. The van der Waals surface area contributed by atoms with E-state index in [9.17, 15) is 9.59 Å². The first-order valence-corrected chi connectivity index (χ1v) is 8.16. The highest BCUT2D eigenvalue weighted by Gasteiger charge is 2.31. The maximum atomic E-state index is 12.3. The highest BCUT2D eigenvalue weighted by Crippen LogP contribution is 2.22. The molecule has 1 saturated heterocycles. The fourth-order valence-corrected chi connectivity index (χ4v) is 3.31. The van der Waals surface area contributed by atoms with Crippen LogP contribution >= 0.6 is 15.9 Å². The highest BCUT2D eigenvalue weighted by atomic mass is 79.9. The van der Waals surface area contributed by atoms with Crippen molar-refractivity contribution in [3.63, 3.8) is 0 Å². The predicted octanol–water partition coefficient (Wildman–Crippen LogP) is 3.01. The first-order valence-electron chi connectivity index (χ1n) is 7.37. The van der Waals surface area contributed by atoms with Gasteiger partial charge in [0.05, 0.1) is 5.92 Å². The Kier molecular flexibility index (Phi) is 5.45. The maximum Gasteiger partial charge on any atom is 0.317 e. The van der Waals surface area contributed by atoms with E-state index in [1.807, 2.05) is 32.0 Å². The lowest BCUT2D eigenvalue weighted by molar-refractivity contribution is -0.143. The normalized spacial score (nSPS) is 21.5. The van der Waals surface area contributed by atoms with Crippen LogP contribution < -0.4 is 5.32 Å². The molecule has 5 nitrogen and oxygen atoms in total. The molecule has 0 spiro atoms. The third-order valence-electron chi connectivity index (χ3n) is 4.03. The van der Waals surface area contributed by atoms with Crippen LogP contribution in [0.3, 0.4) is 0 Å². The van der Waals surface area contributed by atoms with E-state index >= 15 is 0 Å². The molecule has 6 heteroatoms. The van der Waals surface area contributed by atoms with E-state index in [1.54, 1.807) is 4.90 Å². The van der Waals surface area contributed by atoms with Crippen LogP contribution in [0.25, 0.3) is 0 Å². The second-order valence-corrected chi connectivity index (χ2v) is 6.93. The fraction of sp³-hybridized carbons (Fsp3) is 0.500. The van der Waals surface area contributed by atoms with Crippen molar-refractivity contribution < 1.29 is 14.7 Å². The molecule has 120 valence electrons. The summed E-state index contributed by atoms with van der Waals surface area (Å²) in [4.78, 5) is 25.0. The van der Waals surface area contributed by atoms with Gasteiger partial charge in [-0.1, -0.05) is 28.9 Å². The number of carboxylic acids is 1. The molecule has 1 aliphatic heterocycles. The van der Waals surface area contributed by atoms with Crippen molar-refractivity contribution in [1.82, 2.24) is 10.2 Å². The number of piperidine rings is 1. The molecule has 1 aliphatic rings. The molecule has 1 aromatic rings. The second kappa shape index (κ2) is 7.13. The van der Waals surface area contributed by atoms with E-state index in [0.717, 1.165) is 15.6 Å². The van der Waals surface area contributed by atoms with Crippen LogP contribution in [0.2, 0.25) is 0 Å². The first kappa shape index (κ1) is 16.8. The van der Waals surface area contributed by atoms with Crippen molar-refractivity contribution in [1.29, 1.82) is 0 Å². The molecular formula is C16H21BrN2O3. The summed E-state index contributed by atoms with van der Waals surface area (Å²) < 4.78 is 1.01. The molecule has 2 rings (SSSR count). The van der Waals surface area contributed by atoms with Crippen molar-refractivity contribution >= 4 is 27.9 Å². The Hall–Kier alpha value is -1.56. The Labute approximate surface area is 138 Å². The first-order chi connectivity index (χ1) is 10.4.